The number of benzene rings is 3. The lowest BCUT2D eigenvalue weighted by Crippen LogP contribution is -2.60. The average molecular weight is 457 g/mol. The Balaban J connectivity index is 1.44. The molecule has 0 aliphatic carbocycles. The molecule has 1 heterocycles. The van der Waals surface area contributed by atoms with Gasteiger partial charge < -0.3 is 10.6 Å². The third kappa shape index (κ3) is 6.10. The first-order chi connectivity index (χ1) is 16.6. The van der Waals surface area contributed by atoms with Crippen molar-refractivity contribution in [1.82, 2.24) is 20.4 Å². The minimum Gasteiger partial charge on any atom is -0.358 e. The molecule has 3 aromatic carbocycles. The molecule has 1 atom stereocenters. The van der Waals surface area contributed by atoms with E-state index in [1.165, 1.54) is 5.56 Å². The molecule has 0 spiro atoms. The van der Waals surface area contributed by atoms with E-state index < -0.39 is 0 Å². The minimum atomic E-state index is -0.375. The first-order valence-electron chi connectivity index (χ1n) is 11.7. The van der Waals surface area contributed by atoms with Gasteiger partial charge in [-0.15, -0.1) is 0 Å². The predicted molar refractivity (Wildman–Crippen MR) is 134 cm³/mol. The van der Waals surface area contributed by atoms with Gasteiger partial charge in [0.25, 0.3) is 0 Å². The molecular weight excluding hydrogens is 424 g/mol. The number of likely N-dealkylation sites (N-methyl/N-ethyl adjacent to an activating group) is 1. The Morgan fingerprint density at radius 1 is 0.853 bits per heavy atom. The van der Waals surface area contributed by atoms with Crippen molar-refractivity contribution in [3.8, 4) is 0 Å². The minimum absolute atomic E-state index is 0.0618. The van der Waals surface area contributed by atoms with Gasteiger partial charge in [-0.25, -0.2) is 0 Å². The third-order valence-corrected chi connectivity index (χ3v) is 6.29. The van der Waals surface area contributed by atoms with E-state index in [9.17, 15) is 9.59 Å². The van der Waals surface area contributed by atoms with Crippen molar-refractivity contribution in [1.29, 1.82) is 0 Å². The maximum Gasteiger partial charge on any atom is 0.238 e. The van der Waals surface area contributed by atoms with Crippen LogP contribution in [0.3, 0.4) is 0 Å². The molecule has 2 amide bonds. The fraction of sp³-hybridized carbons (Fsp3) is 0.286. The van der Waals surface area contributed by atoms with Gasteiger partial charge in [-0.3, -0.25) is 19.4 Å². The lowest BCUT2D eigenvalue weighted by Gasteiger charge is -2.40. The number of hydrogen-bond acceptors (Lipinski definition) is 4. The number of nitrogens with zero attached hydrogens (tertiary/aromatic N) is 2. The molecule has 0 saturated carbocycles. The van der Waals surface area contributed by atoms with Crippen molar-refractivity contribution in [3.63, 3.8) is 0 Å². The van der Waals surface area contributed by atoms with Crippen LogP contribution in [0.15, 0.2) is 91.0 Å². The van der Waals surface area contributed by atoms with Gasteiger partial charge in [-0.05, 0) is 16.7 Å². The molecule has 1 saturated heterocycles. The highest BCUT2D eigenvalue weighted by Gasteiger charge is 2.33. The van der Waals surface area contributed by atoms with Crippen LogP contribution in [0.5, 0.6) is 0 Å². The van der Waals surface area contributed by atoms with Gasteiger partial charge in [0.1, 0.15) is 6.04 Å². The maximum absolute atomic E-state index is 13.2. The third-order valence-electron chi connectivity index (χ3n) is 6.29. The van der Waals surface area contributed by atoms with E-state index >= 15 is 0 Å². The van der Waals surface area contributed by atoms with Gasteiger partial charge in [0.15, 0.2) is 0 Å². The molecule has 1 aliphatic rings. The van der Waals surface area contributed by atoms with E-state index in [2.05, 4.69) is 27.7 Å². The van der Waals surface area contributed by atoms with Crippen LogP contribution in [-0.2, 0) is 16.1 Å². The van der Waals surface area contributed by atoms with E-state index in [0.717, 1.165) is 24.2 Å². The zero-order chi connectivity index (χ0) is 23.8. The SMILES string of the molecule is CNC(=O)C1CN(Cc2ccccc2)CCN1CC(=O)NC(c1ccccc1)c1ccccc1. The highest BCUT2D eigenvalue weighted by molar-refractivity contribution is 5.84. The van der Waals surface area contributed by atoms with Gasteiger partial charge in [0.2, 0.25) is 11.8 Å². The van der Waals surface area contributed by atoms with Crippen LogP contribution in [0.2, 0.25) is 0 Å². The monoisotopic (exact) mass is 456 g/mol. The van der Waals surface area contributed by atoms with Crippen LogP contribution >= 0.6 is 0 Å². The van der Waals surface area contributed by atoms with Crippen molar-refractivity contribution in [2.45, 2.75) is 18.6 Å². The van der Waals surface area contributed by atoms with Crippen molar-refractivity contribution in [3.05, 3.63) is 108 Å². The van der Waals surface area contributed by atoms with E-state index in [-0.39, 0.29) is 30.4 Å². The van der Waals surface area contributed by atoms with Crippen LogP contribution in [0, 0.1) is 0 Å². The molecule has 0 aromatic heterocycles. The second kappa shape index (κ2) is 11.6. The van der Waals surface area contributed by atoms with E-state index in [0.29, 0.717) is 13.1 Å². The summed E-state index contributed by atoms with van der Waals surface area (Å²) in [6, 6.07) is 29.6. The molecule has 176 valence electrons. The molecular formula is C28H32N4O2. The molecule has 1 fully saturated rings. The summed E-state index contributed by atoms with van der Waals surface area (Å²) in [5, 5.41) is 5.98. The number of piperazine rings is 1. The Bertz CT molecular complexity index is 1020. The second-order valence-corrected chi connectivity index (χ2v) is 8.64. The summed E-state index contributed by atoms with van der Waals surface area (Å²) in [7, 11) is 1.65. The number of nitrogens with one attached hydrogen (secondary N) is 2. The zero-order valence-corrected chi connectivity index (χ0v) is 19.6. The fourth-order valence-electron chi connectivity index (χ4n) is 4.51. The smallest absolute Gasteiger partial charge is 0.238 e. The highest BCUT2D eigenvalue weighted by atomic mass is 16.2. The van der Waals surface area contributed by atoms with Crippen LogP contribution in [0.25, 0.3) is 0 Å². The maximum atomic E-state index is 13.2. The Kier molecular flexibility index (Phi) is 8.07. The standard InChI is InChI=1S/C28H32N4O2/c1-29-28(34)25-20-31(19-22-11-5-2-6-12-22)17-18-32(25)21-26(33)30-27(23-13-7-3-8-14-23)24-15-9-4-10-16-24/h2-16,25,27H,17-21H2,1H3,(H,29,34)(H,30,33). The van der Waals surface area contributed by atoms with Crippen LogP contribution < -0.4 is 10.6 Å². The molecule has 2 N–H and O–H groups in total. The van der Waals surface area contributed by atoms with Crippen LogP contribution in [0.4, 0.5) is 0 Å². The molecule has 4 rings (SSSR count). The molecule has 1 aliphatic heterocycles. The van der Waals surface area contributed by atoms with Gasteiger partial charge in [0, 0.05) is 33.2 Å². The number of rotatable bonds is 8. The molecule has 3 aromatic rings. The van der Waals surface area contributed by atoms with E-state index in [4.69, 9.17) is 0 Å². The molecule has 34 heavy (non-hydrogen) atoms. The van der Waals surface area contributed by atoms with Crippen molar-refractivity contribution in [2.75, 3.05) is 33.2 Å². The van der Waals surface area contributed by atoms with Crippen molar-refractivity contribution < 1.29 is 9.59 Å². The largest absolute Gasteiger partial charge is 0.358 e. The number of carbonyl (C=O) groups excluding carboxylic acids is 2. The summed E-state index contributed by atoms with van der Waals surface area (Å²) in [4.78, 5) is 30.2. The molecule has 0 radical (unpaired) electrons. The van der Waals surface area contributed by atoms with Gasteiger partial charge >= 0.3 is 0 Å². The number of amides is 2. The Morgan fingerprint density at radius 3 is 1.97 bits per heavy atom. The Labute approximate surface area is 201 Å². The van der Waals surface area contributed by atoms with Gasteiger partial charge in [0.05, 0.1) is 12.6 Å². The number of carbonyl (C=O) groups is 2. The lowest BCUT2D eigenvalue weighted by atomic mass is 9.98. The highest BCUT2D eigenvalue weighted by Crippen LogP contribution is 2.22. The first kappa shape index (κ1) is 23.7. The Hall–Kier alpha value is -3.48. The van der Waals surface area contributed by atoms with E-state index in [1.807, 2.05) is 83.8 Å². The van der Waals surface area contributed by atoms with Crippen molar-refractivity contribution in [2.24, 2.45) is 0 Å². The number of hydrogen-bond donors (Lipinski definition) is 2. The van der Waals surface area contributed by atoms with Crippen LogP contribution in [-0.4, -0.2) is 60.9 Å². The molecule has 1 unspecified atom stereocenters. The summed E-state index contributed by atoms with van der Waals surface area (Å²) in [5.74, 6) is -0.156. The van der Waals surface area contributed by atoms with Gasteiger partial charge in [-0.1, -0.05) is 91.0 Å². The average Bonchev–Trinajstić information content (AvgIpc) is 2.89. The zero-order valence-electron chi connectivity index (χ0n) is 19.6. The van der Waals surface area contributed by atoms with Crippen molar-refractivity contribution >= 4 is 11.8 Å². The topological polar surface area (TPSA) is 64.7 Å². The normalized spacial score (nSPS) is 16.8. The summed E-state index contributed by atoms with van der Waals surface area (Å²) in [5.41, 5.74) is 3.27. The molecule has 6 nitrogen and oxygen atoms in total. The quantitative estimate of drug-likeness (QED) is 0.547. The van der Waals surface area contributed by atoms with E-state index in [1.54, 1.807) is 7.05 Å². The predicted octanol–water partition coefficient (Wildman–Crippen LogP) is 2.82. The Morgan fingerprint density at radius 2 is 1.41 bits per heavy atom. The summed E-state index contributed by atoms with van der Waals surface area (Å²) < 4.78 is 0. The first-order valence-corrected chi connectivity index (χ1v) is 11.7. The summed E-state index contributed by atoms with van der Waals surface area (Å²) in [6.07, 6.45) is 0. The molecule has 0 bridgehead atoms. The second-order valence-electron chi connectivity index (χ2n) is 8.64. The molecule has 6 heteroatoms. The van der Waals surface area contributed by atoms with Gasteiger partial charge in [-0.2, -0.15) is 0 Å². The fourth-order valence-corrected chi connectivity index (χ4v) is 4.51. The van der Waals surface area contributed by atoms with Crippen LogP contribution in [0.1, 0.15) is 22.7 Å². The summed E-state index contributed by atoms with van der Waals surface area (Å²) >= 11 is 0. The summed E-state index contributed by atoms with van der Waals surface area (Å²) in [6.45, 7) is 3.00. The lowest BCUT2D eigenvalue weighted by molar-refractivity contribution is -0.131.